The van der Waals surface area contributed by atoms with Crippen molar-refractivity contribution in [1.82, 2.24) is 0 Å². The third kappa shape index (κ3) is 2.43. The van der Waals surface area contributed by atoms with Gasteiger partial charge in [-0.3, -0.25) is 0 Å². The number of aliphatic hydroxyl groups is 1. The van der Waals surface area contributed by atoms with Crippen molar-refractivity contribution < 1.29 is 14.2 Å². The molecule has 0 spiro atoms. The Labute approximate surface area is 82.3 Å². The highest BCUT2D eigenvalue weighted by atomic mass is 19.1. The summed E-state index contributed by atoms with van der Waals surface area (Å²) in [6.07, 6.45) is 0.453. The van der Waals surface area contributed by atoms with Crippen LogP contribution in [-0.4, -0.2) is 18.8 Å². The molecule has 0 heterocycles. The number of benzene rings is 1. The lowest BCUT2D eigenvalue weighted by Crippen LogP contribution is -2.12. The fourth-order valence-corrected chi connectivity index (χ4v) is 1.21. The highest BCUT2D eigenvalue weighted by Gasteiger charge is 2.09. The van der Waals surface area contributed by atoms with E-state index in [0.717, 1.165) is 5.56 Å². The van der Waals surface area contributed by atoms with Crippen molar-refractivity contribution in [3.63, 3.8) is 0 Å². The van der Waals surface area contributed by atoms with Gasteiger partial charge in [0.2, 0.25) is 0 Å². The zero-order valence-electron chi connectivity index (χ0n) is 8.03. The van der Waals surface area contributed by atoms with Gasteiger partial charge in [-0.2, -0.15) is 0 Å². The Morgan fingerprint density at radius 1 is 1.57 bits per heavy atom. The van der Waals surface area contributed by atoms with Crippen molar-refractivity contribution in [2.75, 3.05) is 13.7 Å². The molecule has 0 aliphatic carbocycles. The number of hydrogen-bond donors (Lipinski definition) is 2. The van der Waals surface area contributed by atoms with Crippen LogP contribution >= 0.6 is 0 Å². The van der Waals surface area contributed by atoms with Crippen LogP contribution in [0.4, 0.5) is 4.39 Å². The number of rotatable bonds is 4. The molecule has 1 unspecified atom stereocenters. The number of aliphatic hydroxyl groups excluding tert-OH is 1. The monoisotopic (exact) mass is 199 g/mol. The van der Waals surface area contributed by atoms with Crippen LogP contribution in [0.2, 0.25) is 0 Å². The van der Waals surface area contributed by atoms with Gasteiger partial charge in [0, 0.05) is 12.6 Å². The van der Waals surface area contributed by atoms with Gasteiger partial charge in [0.25, 0.3) is 0 Å². The summed E-state index contributed by atoms with van der Waals surface area (Å²) in [5.74, 6) is -0.233. The highest BCUT2D eigenvalue weighted by molar-refractivity contribution is 5.31. The molecule has 78 valence electrons. The van der Waals surface area contributed by atoms with Crippen molar-refractivity contribution in [2.45, 2.75) is 12.5 Å². The maximum absolute atomic E-state index is 13.0. The average Bonchev–Trinajstić information content (AvgIpc) is 2.19. The molecule has 0 amide bonds. The van der Waals surface area contributed by atoms with Crippen LogP contribution in [0.3, 0.4) is 0 Å². The minimum absolute atomic E-state index is 0.0147. The summed E-state index contributed by atoms with van der Waals surface area (Å²) >= 11 is 0. The molecule has 0 aliphatic heterocycles. The fraction of sp³-hybridized carbons (Fsp3) is 0.400. The molecule has 0 aromatic heterocycles. The standard InChI is InChI=1S/C10H14FNO2/c1-14-10-6-7(2-3-8(10)11)9(12)4-5-13/h2-3,6,9,13H,4-5,12H2,1H3. The molecule has 0 aliphatic rings. The molecule has 0 bridgehead atoms. The van der Waals surface area contributed by atoms with Crippen LogP contribution < -0.4 is 10.5 Å². The van der Waals surface area contributed by atoms with Gasteiger partial charge in [0.15, 0.2) is 11.6 Å². The van der Waals surface area contributed by atoms with E-state index in [4.69, 9.17) is 15.6 Å². The van der Waals surface area contributed by atoms with E-state index in [0.29, 0.717) is 6.42 Å². The molecule has 0 fully saturated rings. The second kappa shape index (κ2) is 4.93. The van der Waals surface area contributed by atoms with E-state index in [-0.39, 0.29) is 18.4 Å². The summed E-state index contributed by atoms with van der Waals surface area (Å²) in [5.41, 5.74) is 6.50. The number of halogens is 1. The van der Waals surface area contributed by atoms with Gasteiger partial charge in [-0.05, 0) is 24.1 Å². The van der Waals surface area contributed by atoms with Gasteiger partial charge >= 0.3 is 0 Å². The molecule has 4 heteroatoms. The summed E-state index contributed by atoms with van der Waals surface area (Å²) in [7, 11) is 1.40. The smallest absolute Gasteiger partial charge is 0.165 e. The highest BCUT2D eigenvalue weighted by Crippen LogP contribution is 2.22. The first-order valence-corrected chi connectivity index (χ1v) is 4.39. The number of nitrogens with two attached hydrogens (primary N) is 1. The van der Waals surface area contributed by atoms with Gasteiger partial charge in [-0.15, -0.1) is 0 Å². The van der Waals surface area contributed by atoms with Crippen LogP contribution in [0.25, 0.3) is 0 Å². The van der Waals surface area contributed by atoms with Gasteiger partial charge in [-0.25, -0.2) is 4.39 Å². The summed E-state index contributed by atoms with van der Waals surface area (Å²) in [5, 5.41) is 8.69. The van der Waals surface area contributed by atoms with Gasteiger partial charge in [0.05, 0.1) is 7.11 Å². The predicted molar refractivity (Wildman–Crippen MR) is 51.6 cm³/mol. The van der Waals surface area contributed by atoms with E-state index in [2.05, 4.69) is 0 Å². The molecule has 0 saturated heterocycles. The zero-order chi connectivity index (χ0) is 10.6. The van der Waals surface area contributed by atoms with E-state index in [1.807, 2.05) is 0 Å². The van der Waals surface area contributed by atoms with E-state index >= 15 is 0 Å². The molecule has 3 N–H and O–H groups in total. The molecule has 3 nitrogen and oxygen atoms in total. The van der Waals surface area contributed by atoms with Crippen molar-refractivity contribution in [2.24, 2.45) is 5.73 Å². The maximum atomic E-state index is 13.0. The summed E-state index contributed by atoms with van der Waals surface area (Å²) < 4.78 is 17.8. The van der Waals surface area contributed by atoms with Crippen LogP contribution in [0, 0.1) is 5.82 Å². The molecule has 0 radical (unpaired) electrons. The molecule has 0 saturated carbocycles. The number of methoxy groups -OCH3 is 1. The Hall–Kier alpha value is -1.13. The van der Waals surface area contributed by atoms with Crippen LogP contribution in [0.15, 0.2) is 18.2 Å². The van der Waals surface area contributed by atoms with E-state index in [1.165, 1.54) is 13.2 Å². The largest absolute Gasteiger partial charge is 0.494 e. The fourth-order valence-electron chi connectivity index (χ4n) is 1.21. The van der Waals surface area contributed by atoms with E-state index in [9.17, 15) is 4.39 Å². The molecule has 1 aromatic rings. The zero-order valence-corrected chi connectivity index (χ0v) is 8.03. The first kappa shape index (κ1) is 10.9. The quantitative estimate of drug-likeness (QED) is 0.766. The Bertz CT molecular complexity index is 304. The first-order valence-electron chi connectivity index (χ1n) is 4.39. The van der Waals surface area contributed by atoms with Crippen molar-refractivity contribution in [1.29, 1.82) is 0 Å². The average molecular weight is 199 g/mol. The lowest BCUT2D eigenvalue weighted by molar-refractivity contribution is 0.276. The maximum Gasteiger partial charge on any atom is 0.165 e. The molecule has 14 heavy (non-hydrogen) atoms. The molecule has 1 aromatic carbocycles. The molecule has 1 rings (SSSR count). The van der Waals surface area contributed by atoms with Gasteiger partial charge < -0.3 is 15.6 Å². The third-order valence-corrected chi connectivity index (χ3v) is 2.04. The summed E-state index contributed by atoms with van der Waals surface area (Å²) in [6, 6.07) is 4.17. The first-order chi connectivity index (χ1) is 6.69. The van der Waals surface area contributed by atoms with Crippen molar-refractivity contribution in [3.05, 3.63) is 29.6 Å². The van der Waals surface area contributed by atoms with Crippen molar-refractivity contribution >= 4 is 0 Å². The Morgan fingerprint density at radius 3 is 2.86 bits per heavy atom. The second-order valence-corrected chi connectivity index (χ2v) is 3.01. The summed E-state index contributed by atoms with van der Waals surface area (Å²) in [6.45, 7) is 0.0147. The van der Waals surface area contributed by atoms with Gasteiger partial charge in [0.1, 0.15) is 0 Å². The topological polar surface area (TPSA) is 55.5 Å². The van der Waals surface area contributed by atoms with E-state index < -0.39 is 5.82 Å². The van der Waals surface area contributed by atoms with Crippen molar-refractivity contribution in [3.8, 4) is 5.75 Å². The Kier molecular flexibility index (Phi) is 3.85. The molecular formula is C10H14FNO2. The molecular weight excluding hydrogens is 185 g/mol. The Morgan fingerprint density at radius 2 is 2.29 bits per heavy atom. The minimum Gasteiger partial charge on any atom is -0.494 e. The third-order valence-electron chi connectivity index (χ3n) is 2.04. The number of hydrogen-bond acceptors (Lipinski definition) is 3. The summed E-state index contributed by atoms with van der Waals surface area (Å²) in [4.78, 5) is 0. The molecule has 1 atom stereocenters. The normalized spacial score (nSPS) is 12.6. The number of ether oxygens (including phenoxy) is 1. The van der Waals surface area contributed by atoms with Gasteiger partial charge in [-0.1, -0.05) is 6.07 Å². The van der Waals surface area contributed by atoms with Crippen LogP contribution in [0.5, 0.6) is 5.75 Å². The van der Waals surface area contributed by atoms with Crippen LogP contribution in [-0.2, 0) is 0 Å². The minimum atomic E-state index is -0.410. The van der Waals surface area contributed by atoms with E-state index in [1.54, 1.807) is 12.1 Å². The second-order valence-electron chi connectivity index (χ2n) is 3.01. The predicted octanol–water partition coefficient (Wildman–Crippen LogP) is 1.22. The lowest BCUT2D eigenvalue weighted by Gasteiger charge is -2.11. The Balaban J connectivity index is 2.88. The lowest BCUT2D eigenvalue weighted by atomic mass is 10.0. The SMILES string of the molecule is COc1cc(C(N)CCO)ccc1F. The van der Waals surface area contributed by atoms with Crippen LogP contribution in [0.1, 0.15) is 18.0 Å².